The van der Waals surface area contributed by atoms with Crippen LogP contribution in [0, 0.1) is 0 Å². The molecule has 132 valence electrons. The van der Waals surface area contributed by atoms with Crippen LogP contribution in [0.1, 0.15) is 37.9 Å². The Labute approximate surface area is 148 Å². The van der Waals surface area contributed by atoms with Gasteiger partial charge in [-0.15, -0.1) is 0 Å². The van der Waals surface area contributed by atoms with Gasteiger partial charge >= 0.3 is 6.03 Å². The first-order chi connectivity index (χ1) is 11.8. The number of imide groups is 1. The average Bonchev–Trinajstić information content (AvgIpc) is 2.59. The zero-order chi connectivity index (χ0) is 18.4. The number of carbonyl (C=O) groups is 2. The van der Waals surface area contributed by atoms with Gasteiger partial charge in [0.25, 0.3) is 5.91 Å². The summed E-state index contributed by atoms with van der Waals surface area (Å²) in [6, 6.07) is 16.1. The Balaban J connectivity index is 2.24. The van der Waals surface area contributed by atoms with Crippen LogP contribution in [0.2, 0.25) is 0 Å². The number of nitrogens with one attached hydrogen (secondary N) is 3. The lowest BCUT2D eigenvalue weighted by Crippen LogP contribution is -2.42. The van der Waals surface area contributed by atoms with E-state index in [9.17, 15) is 9.59 Å². The van der Waals surface area contributed by atoms with Crippen molar-refractivity contribution in [2.75, 3.05) is 12.4 Å². The van der Waals surface area contributed by atoms with Crippen LogP contribution in [-0.2, 0) is 10.2 Å². The number of hydrogen-bond donors (Lipinski definition) is 3. The Bertz CT molecular complexity index is 719. The maximum Gasteiger partial charge on any atom is 0.321 e. The van der Waals surface area contributed by atoms with Gasteiger partial charge in [-0.1, -0.05) is 63.2 Å². The SMILES string of the molecule is CNC(=O)NC(=O)[C@H](Nc1ccc(C(C)(C)C)cc1)c1ccccc1. The lowest BCUT2D eigenvalue weighted by molar-refractivity contribution is -0.120. The summed E-state index contributed by atoms with van der Waals surface area (Å²) >= 11 is 0. The topological polar surface area (TPSA) is 70.2 Å². The predicted octanol–water partition coefficient (Wildman–Crippen LogP) is 3.59. The summed E-state index contributed by atoms with van der Waals surface area (Å²) in [6.07, 6.45) is 0. The monoisotopic (exact) mass is 339 g/mol. The van der Waals surface area contributed by atoms with E-state index in [-0.39, 0.29) is 5.41 Å². The van der Waals surface area contributed by atoms with E-state index >= 15 is 0 Å². The van der Waals surface area contributed by atoms with Crippen molar-refractivity contribution in [1.29, 1.82) is 0 Å². The molecule has 5 nitrogen and oxygen atoms in total. The van der Waals surface area contributed by atoms with E-state index < -0.39 is 18.0 Å². The summed E-state index contributed by atoms with van der Waals surface area (Å²) in [4.78, 5) is 24.0. The molecule has 0 spiro atoms. The molecule has 0 bridgehead atoms. The normalized spacial score (nSPS) is 12.2. The maximum atomic E-state index is 12.5. The van der Waals surface area contributed by atoms with E-state index in [0.29, 0.717) is 0 Å². The highest BCUT2D eigenvalue weighted by Crippen LogP contribution is 2.25. The fourth-order valence-corrected chi connectivity index (χ4v) is 2.43. The number of urea groups is 1. The van der Waals surface area contributed by atoms with Gasteiger partial charge in [0.05, 0.1) is 0 Å². The minimum absolute atomic E-state index is 0.0634. The summed E-state index contributed by atoms with van der Waals surface area (Å²) in [5, 5.41) is 7.94. The standard InChI is InChI=1S/C20H25N3O2/c1-20(2,3)15-10-12-16(13-11-15)22-17(14-8-6-5-7-9-14)18(24)23-19(25)21-4/h5-13,17,22H,1-4H3,(H2,21,23,24,25)/t17-/m1/s1. The Kier molecular flexibility index (Phi) is 5.80. The third kappa shape index (κ3) is 5.08. The average molecular weight is 339 g/mol. The van der Waals surface area contributed by atoms with Gasteiger partial charge in [-0.2, -0.15) is 0 Å². The molecule has 5 heteroatoms. The molecule has 0 radical (unpaired) electrons. The second-order valence-corrected chi connectivity index (χ2v) is 6.88. The number of hydrogen-bond acceptors (Lipinski definition) is 3. The third-order valence-electron chi connectivity index (χ3n) is 3.92. The van der Waals surface area contributed by atoms with Crippen LogP contribution in [0.4, 0.5) is 10.5 Å². The molecule has 0 aliphatic heterocycles. The summed E-state index contributed by atoms with van der Waals surface area (Å²) < 4.78 is 0. The van der Waals surface area contributed by atoms with Crippen molar-refractivity contribution in [2.24, 2.45) is 0 Å². The molecular weight excluding hydrogens is 314 g/mol. The molecular formula is C20H25N3O2. The van der Waals surface area contributed by atoms with Gasteiger partial charge in [0, 0.05) is 12.7 Å². The lowest BCUT2D eigenvalue weighted by Gasteiger charge is -2.22. The Morgan fingerprint density at radius 1 is 0.920 bits per heavy atom. The van der Waals surface area contributed by atoms with E-state index in [1.54, 1.807) is 0 Å². The van der Waals surface area contributed by atoms with Gasteiger partial charge in [-0.25, -0.2) is 4.79 Å². The minimum atomic E-state index is -0.668. The number of anilines is 1. The van der Waals surface area contributed by atoms with E-state index in [0.717, 1.165) is 11.3 Å². The fourth-order valence-electron chi connectivity index (χ4n) is 2.43. The molecule has 0 fully saturated rings. The van der Waals surface area contributed by atoms with Crippen molar-refractivity contribution >= 4 is 17.6 Å². The van der Waals surface area contributed by atoms with Crippen LogP contribution in [0.3, 0.4) is 0 Å². The maximum absolute atomic E-state index is 12.5. The van der Waals surface area contributed by atoms with Crippen molar-refractivity contribution in [1.82, 2.24) is 10.6 Å². The second kappa shape index (κ2) is 7.83. The molecule has 3 N–H and O–H groups in total. The number of benzene rings is 2. The molecule has 0 saturated heterocycles. The lowest BCUT2D eigenvalue weighted by atomic mass is 9.87. The fraction of sp³-hybridized carbons (Fsp3) is 0.300. The molecule has 2 rings (SSSR count). The Hall–Kier alpha value is -2.82. The minimum Gasteiger partial charge on any atom is -0.370 e. The molecule has 25 heavy (non-hydrogen) atoms. The van der Waals surface area contributed by atoms with Gasteiger partial charge < -0.3 is 10.6 Å². The molecule has 0 aliphatic rings. The molecule has 2 aromatic rings. The predicted molar refractivity (Wildman–Crippen MR) is 101 cm³/mol. The summed E-state index contributed by atoms with van der Waals surface area (Å²) in [5.41, 5.74) is 2.87. The second-order valence-electron chi connectivity index (χ2n) is 6.88. The zero-order valence-electron chi connectivity index (χ0n) is 15.1. The van der Waals surface area contributed by atoms with Gasteiger partial charge in [0.1, 0.15) is 6.04 Å². The van der Waals surface area contributed by atoms with Gasteiger partial charge in [0.2, 0.25) is 0 Å². The molecule has 0 heterocycles. The third-order valence-corrected chi connectivity index (χ3v) is 3.92. The zero-order valence-corrected chi connectivity index (χ0v) is 15.1. The van der Waals surface area contributed by atoms with Crippen LogP contribution in [0.25, 0.3) is 0 Å². The van der Waals surface area contributed by atoms with Gasteiger partial charge in [-0.3, -0.25) is 10.1 Å². The Morgan fingerprint density at radius 3 is 2.04 bits per heavy atom. The highest BCUT2D eigenvalue weighted by molar-refractivity contribution is 5.98. The molecule has 0 unspecified atom stereocenters. The van der Waals surface area contributed by atoms with E-state index in [4.69, 9.17) is 0 Å². The molecule has 0 aliphatic carbocycles. The first-order valence-electron chi connectivity index (χ1n) is 8.26. The number of carbonyl (C=O) groups excluding carboxylic acids is 2. The van der Waals surface area contributed by atoms with E-state index in [2.05, 4.69) is 36.7 Å². The molecule has 1 atom stereocenters. The van der Waals surface area contributed by atoms with Gasteiger partial charge in [-0.05, 0) is 28.7 Å². The van der Waals surface area contributed by atoms with E-state index in [1.807, 2.05) is 54.6 Å². The van der Waals surface area contributed by atoms with Crippen molar-refractivity contribution in [3.8, 4) is 0 Å². The number of amides is 3. The van der Waals surface area contributed by atoms with Crippen LogP contribution >= 0.6 is 0 Å². The van der Waals surface area contributed by atoms with Crippen molar-refractivity contribution in [2.45, 2.75) is 32.2 Å². The highest BCUT2D eigenvalue weighted by Gasteiger charge is 2.22. The first-order valence-corrected chi connectivity index (χ1v) is 8.26. The highest BCUT2D eigenvalue weighted by atomic mass is 16.2. The van der Waals surface area contributed by atoms with Crippen molar-refractivity contribution in [3.05, 3.63) is 65.7 Å². The molecule has 2 aromatic carbocycles. The number of rotatable bonds is 4. The van der Waals surface area contributed by atoms with Crippen molar-refractivity contribution < 1.29 is 9.59 Å². The van der Waals surface area contributed by atoms with Crippen LogP contribution in [0.5, 0.6) is 0 Å². The van der Waals surface area contributed by atoms with Crippen LogP contribution < -0.4 is 16.0 Å². The summed E-state index contributed by atoms with van der Waals surface area (Å²) in [6.45, 7) is 6.46. The smallest absolute Gasteiger partial charge is 0.321 e. The molecule has 0 aromatic heterocycles. The quantitative estimate of drug-likeness (QED) is 0.797. The van der Waals surface area contributed by atoms with E-state index in [1.165, 1.54) is 12.6 Å². The van der Waals surface area contributed by atoms with Crippen molar-refractivity contribution in [3.63, 3.8) is 0 Å². The largest absolute Gasteiger partial charge is 0.370 e. The summed E-state index contributed by atoms with van der Waals surface area (Å²) in [7, 11) is 1.47. The molecule has 0 saturated carbocycles. The Morgan fingerprint density at radius 2 is 1.52 bits per heavy atom. The van der Waals surface area contributed by atoms with Crippen LogP contribution in [0.15, 0.2) is 54.6 Å². The first kappa shape index (κ1) is 18.5. The molecule has 3 amide bonds. The summed E-state index contributed by atoms with van der Waals surface area (Å²) in [5.74, 6) is -0.412. The van der Waals surface area contributed by atoms with Crippen LogP contribution in [-0.4, -0.2) is 19.0 Å². The van der Waals surface area contributed by atoms with Gasteiger partial charge in [0.15, 0.2) is 0 Å².